The van der Waals surface area contributed by atoms with Crippen molar-refractivity contribution in [3.63, 3.8) is 0 Å². The first-order chi connectivity index (χ1) is 8.79. The second kappa shape index (κ2) is 4.74. The summed E-state index contributed by atoms with van der Waals surface area (Å²) >= 11 is 0. The molecule has 94 valence electrons. The van der Waals surface area contributed by atoms with E-state index >= 15 is 0 Å². The van der Waals surface area contributed by atoms with Gasteiger partial charge in [-0.1, -0.05) is 55.8 Å². The third-order valence-electron chi connectivity index (χ3n) is 4.20. The summed E-state index contributed by atoms with van der Waals surface area (Å²) in [7, 11) is 0. The van der Waals surface area contributed by atoms with E-state index in [1.807, 2.05) is 0 Å². The Balaban J connectivity index is 1.85. The summed E-state index contributed by atoms with van der Waals surface area (Å²) in [4.78, 5) is 0. The van der Waals surface area contributed by atoms with Gasteiger partial charge in [-0.2, -0.15) is 0 Å². The number of fused-ring (bicyclic) bond motifs is 1. The maximum absolute atomic E-state index is 3.76. The molecule has 1 heteroatoms. The second-order valence-corrected chi connectivity index (χ2v) is 5.47. The highest BCUT2D eigenvalue weighted by Gasteiger charge is 2.35. The highest BCUT2D eigenvalue weighted by atomic mass is 15.0. The van der Waals surface area contributed by atoms with Crippen LogP contribution in [0.3, 0.4) is 0 Å². The van der Waals surface area contributed by atoms with Crippen molar-refractivity contribution < 1.29 is 0 Å². The summed E-state index contributed by atoms with van der Waals surface area (Å²) in [6.45, 7) is 4.57. The van der Waals surface area contributed by atoms with Crippen molar-refractivity contribution in [3.05, 3.63) is 48.0 Å². The first-order valence-corrected chi connectivity index (χ1v) is 7.03. The minimum atomic E-state index is 0.442. The molecule has 0 amide bonds. The normalized spacial score (nSPS) is 24.1. The molecule has 3 rings (SSSR count). The fourth-order valence-corrected chi connectivity index (χ4v) is 2.94. The SMILES string of the molecule is CCC1CC1NC(C)c1cccc2ccccc12. The summed E-state index contributed by atoms with van der Waals surface area (Å²) in [6, 6.07) is 16.5. The summed E-state index contributed by atoms with van der Waals surface area (Å²) in [5.41, 5.74) is 1.43. The fourth-order valence-electron chi connectivity index (χ4n) is 2.94. The van der Waals surface area contributed by atoms with Gasteiger partial charge in [0.25, 0.3) is 0 Å². The van der Waals surface area contributed by atoms with Gasteiger partial charge in [0.2, 0.25) is 0 Å². The minimum absolute atomic E-state index is 0.442. The first-order valence-electron chi connectivity index (χ1n) is 7.03. The molecule has 1 nitrogen and oxygen atoms in total. The average molecular weight is 239 g/mol. The molecule has 0 saturated heterocycles. The molecule has 1 fully saturated rings. The largest absolute Gasteiger partial charge is 0.307 e. The zero-order chi connectivity index (χ0) is 12.5. The van der Waals surface area contributed by atoms with Crippen LogP contribution in [-0.2, 0) is 0 Å². The number of benzene rings is 2. The molecule has 0 spiro atoms. The predicted octanol–water partition coefficient (Wildman–Crippen LogP) is 4.29. The molecule has 0 heterocycles. The minimum Gasteiger partial charge on any atom is -0.307 e. The van der Waals surface area contributed by atoms with Crippen LogP contribution < -0.4 is 5.32 Å². The van der Waals surface area contributed by atoms with Gasteiger partial charge in [-0.05, 0) is 35.6 Å². The molecular weight excluding hydrogens is 218 g/mol. The molecular formula is C17H21N. The number of hydrogen-bond acceptors (Lipinski definition) is 1. The van der Waals surface area contributed by atoms with Crippen LogP contribution in [0.25, 0.3) is 10.8 Å². The van der Waals surface area contributed by atoms with Crippen molar-refractivity contribution in [2.45, 2.75) is 38.8 Å². The Kier molecular flexibility index (Phi) is 3.09. The molecule has 1 saturated carbocycles. The molecule has 0 aromatic heterocycles. The third kappa shape index (κ3) is 2.15. The van der Waals surface area contributed by atoms with E-state index in [9.17, 15) is 0 Å². The molecule has 0 radical (unpaired) electrons. The van der Waals surface area contributed by atoms with Crippen LogP contribution in [-0.4, -0.2) is 6.04 Å². The highest BCUT2D eigenvalue weighted by molar-refractivity contribution is 5.86. The number of nitrogens with one attached hydrogen (secondary N) is 1. The summed E-state index contributed by atoms with van der Waals surface area (Å²) in [5, 5.41) is 6.49. The van der Waals surface area contributed by atoms with E-state index in [0.29, 0.717) is 6.04 Å². The van der Waals surface area contributed by atoms with E-state index in [4.69, 9.17) is 0 Å². The van der Waals surface area contributed by atoms with Gasteiger partial charge < -0.3 is 5.32 Å². The molecule has 3 unspecified atom stereocenters. The van der Waals surface area contributed by atoms with Crippen molar-refractivity contribution in [2.24, 2.45) is 5.92 Å². The molecule has 0 bridgehead atoms. The van der Waals surface area contributed by atoms with E-state index in [1.54, 1.807) is 0 Å². The van der Waals surface area contributed by atoms with Crippen molar-refractivity contribution in [2.75, 3.05) is 0 Å². The highest BCUT2D eigenvalue weighted by Crippen LogP contribution is 2.36. The Hall–Kier alpha value is -1.34. The van der Waals surface area contributed by atoms with Crippen LogP contribution >= 0.6 is 0 Å². The van der Waals surface area contributed by atoms with Crippen LogP contribution in [0.5, 0.6) is 0 Å². The zero-order valence-corrected chi connectivity index (χ0v) is 11.2. The molecule has 3 atom stereocenters. The van der Waals surface area contributed by atoms with Gasteiger partial charge in [0.05, 0.1) is 0 Å². The van der Waals surface area contributed by atoms with Crippen molar-refractivity contribution >= 4 is 10.8 Å². The molecule has 1 aliphatic rings. The molecule has 0 aliphatic heterocycles. The fraction of sp³-hybridized carbons (Fsp3) is 0.412. The number of hydrogen-bond donors (Lipinski definition) is 1. The summed E-state index contributed by atoms with van der Waals surface area (Å²) < 4.78 is 0. The number of rotatable bonds is 4. The van der Waals surface area contributed by atoms with Crippen LogP contribution in [0, 0.1) is 5.92 Å². The van der Waals surface area contributed by atoms with E-state index in [2.05, 4.69) is 61.6 Å². The first kappa shape index (κ1) is 11.7. The lowest BCUT2D eigenvalue weighted by Crippen LogP contribution is -2.22. The van der Waals surface area contributed by atoms with Gasteiger partial charge >= 0.3 is 0 Å². The van der Waals surface area contributed by atoms with Crippen molar-refractivity contribution in [3.8, 4) is 0 Å². The summed E-state index contributed by atoms with van der Waals surface area (Å²) in [5.74, 6) is 0.905. The third-order valence-corrected chi connectivity index (χ3v) is 4.20. The molecule has 2 aromatic rings. The maximum atomic E-state index is 3.76. The van der Waals surface area contributed by atoms with E-state index in [1.165, 1.54) is 29.2 Å². The predicted molar refractivity (Wildman–Crippen MR) is 77.7 cm³/mol. The quantitative estimate of drug-likeness (QED) is 0.839. The van der Waals surface area contributed by atoms with E-state index in [0.717, 1.165) is 12.0 Å². The standard InChI is InChI=1S/C17H21N/c1-3-13-11-17(13)18-12(2)15-10-6-8-14-7-4-5-9-16(14)15/h4-10,12-13,17-18H,3,11H2,1-2H3. The Labute approximate surface area is 109 Å². The van der Waals surface area contributed by atoms with E-state index in [-0.39, 0.29) is 0 Å². The van der Waals surface area contributed by atoms with Gasteiger partial charge in [0.15, 0.2) is 0 Å². The van der Waals surface area contributed by atoms with Gasteiger partial charge in [0.1, 0.15) is 0 Å². The summed E-state index contributed by atoms with van der Waals surface area (Å²) in [6.07, 6.45) is 2.66. The van der Waals surface area contributed by atoms with Gasteiger partial charge in [-0.3, -0.25) is 0 Å². The maximum Gasteiger partial charge on any atom is 0.0300 e. The Bertz CT molecular complexity index is 541. The van der Waals surface area contributed by atoms with Gasteiger partial charge in [0, 0.05) is 12.1 Å². The second-order valence-electron chi connectivity index (χ2n) is 5.47. The Morgan fingerprint density at radius 1 is 1.17 bits per heavy atom. The zero-order valence-electron chi connectivity index (χ0n) is 11.2. The lowest BCUT2D eigenvalue weighted by atomic mass is 9.99. The van der Waals surface area contributed by atoms with Gasteiger partial charge in [-0.25, -0.2) is 0 Å². The smallest absolute Gasteiger partial charge is 0.0300 e. The lowest BCUT2D eigenvalue weighted by Gasteiger charge is -2.16. The van der Waals surface area contributed by atoms with Crippen LogP contribution in [0.2, 0.25) is 0 Å². The monoisotopic (exact) mass is 239 g/mol. The lowest BCUT2D eigenvalue weighted by molar-refractivity contribution is 0.542. The molecule has 1 N–H and O–H groups in total. The van der Waals surface area contributed by atoms with Crippen LogP contribution in [0.4, 0.5) is 0 Å². The van der Waals surface area contributed by atoms with E-state index < -0.39 is 0 Å². The topological polar surface area (TPSA) is 12.0 Å². The Morgan fingerprint density at radius 2 is 1.94 bits per heavy atom. The van der Waals surface area contributed by atoms with Crippen LogP contribution in [0.15, 0.2) is 42.5 Å². The molecule has 2 aromatic carbocycles. The van der Waals surface area contributed by atoms with Crippen LogP contribution in [0.1, 0.15) is 38.3 Å². The average Bonchev–Trinajstić information content (AvgIpc) is 3.16. The Morgan fingerprint density at radius 3 is 2.72 bits per heavy atom. The van der Waals surface area contributed by atoms with Gasteiger partial charge in [-0.15, -0.1) is 0 Å². The van der Waals surface area contributed by atoms with Crippen molar-refractivity contribution in [1.29, 1.82) is 0 Å². The van der Waals surface area contributed by atoms with Crippen molar-refractivity contribution in [1.82, 2.24) is 5.32 Å². The molecule has 18 heavy (non-hydrogen) atoms. The molecule has 1 aliphatic carbocycles.